The zero-order valence-electron chi connectivity index (χ0n) is 12.1. The molecule has 0 atom stereocenters. The normalized spacial score (nSPS) is 15.3. The molecule has 2 amide bonds. The van der Waals surface area contributed by atoms with E-state index in [2.05, 4.69) is 15.7 Å². The van der Waals surface area contributed by atoms with Crippen molar-refractivity contribution >= 4 is 17.6 Å². The Morgan fingerprint density at radius 3 is 2.75 bits per heavy atom. The highest BCUT2D eigenvalue weighted by Gasteiger charge is 2.22. The van der Waals surface area contributed by atoms with E-state index in [9.17, 15) is 9.59 Å². The number of nitrogens with one attached hydrogen (secondary N) is 2. The molecule has 6 heteroatoms. The van der Waals surface area contributed by atoms with E-state index in [0.717, 1.165) is 24.2 Å². The number of anilines is 1. The van der Waals surface area contributed by atoms with Crippen molar-refractivity contribution in [1.82, 2.24) is 15.1 Å². The Balaban J connectivity index is 1.96. The Hall–Kier alpha value is -1.85. The van der Waals surface area contributed by atoms with Crippen molar-refractivity contribution in [3.8, 4) is 0 Å². The molecule has 2 rings (SSSR count). The molecule has 1 heterocycles. The van der Waals surface area contributed by atoms with Crippen LogP contribution in [0.25, 0.3) is 0 Å². The molecule has 1 aliphatic rings. The first-order valence-electron chi connectivity index (χ1n) is 7.16. The molecule has 2 N–H and O–H groups in total. The minimum Gasteiger partial charge on any atom is -0.356 e. The van der Waals surface area contributed by atoms with Gasteiger partial charge in [-0.1, -0.05) is 12.8 Å². The van der Waals surface area contributed by atoms with Gasteiger partial charge < -0.3 is 10.6 Å². The van der Waals surface area contributed by atoms with Crippen LogP contribution in [0.1, 0.15) is 50.6 Å². The second-order valence-electron chi connectivity index (χ2n) is 5.34. The monoisotopic (exact) mass is 278 g/mol. The standard InChI is InChI=1S/C14H22N4O2/c1-10-9-16-18(12-5-3-4-6-12)14(10)17-13(20)7-8-15-11(2)19/h9,12H,3-8H2,1-2H3,(H,15,19)(H,17,20). The molecule has 0 aliphatic heterocycles. The molecule has 20 heavy (non-hydrogen) atoms. The zero-order chi connectivity index (χ0) is 14.5. The van der Waals surface area contributed by atoms with Gasteiger partial charge in [0.05, 0.1) is 12.2 Å². The average Bonchev–Trinajstić information content (AvgIpc) is 3.00. The third-order valence-corrected chi connectivity index (χ3v) is 3.63. The first-order chi connectivity index (χ1) is 9.58. The van der Waals surface area contributed by atoms with Crippen molar-refractivity contribution in [2.45, 2.75) is 52.0 Å². The van der Waals surface area contributed by atoms with Gasteiger partial charge in [0.15, 0.2) is 0 Å². The van der Waals surface area contributed by atoms with Gasteiger partial charge in [-0.3, -0.25) is 9.59 Å². The summed E-state index contributed by atoms with van der Waals surface area (Å²) >= 11 is 0. The first kappa shape index (κ1) is 14.6. The van der Waals surface area contributed by atoms with Gasteiger partial charge in [0.25, 0.3) is 0 Å². The van der Waals surface area contributed by atoms with Crippen molar-refractivity contribution in [1.29, 1.82) is 0 Å². The molecule has 0 bridgehead atoms. The smallest absolute Gasteiger partial charge is 0.227 e. The van der Waals surface area contributed by atoms with Gasteiger partial charge in [0, 0.05) is 25.5 Å². The molecule has 1 fully saturated rings. The SMILES string of the molecule is CC(=O)NCCC(=O)Nc1c(C)cnn1C1CCCC1. The molecule has 1 aliphatic carbocycles. The predicted octanol–water partition coefficient (Wildman–Crippen LogP) is 1.77. The largest absolute Gasteiger partial charge is 0.356 e. The van der Waals surface area contributed by atoms with Crippen molar-refractivity contribution in [2.24, 2.45) is 0 Å². The van der Waals surface area contributed by atoms with E-state index >= 15 is 0 Å². The van der Waals surface area contributed by atoms with E-state index < -0.39 is 0 Å². The molecule has 1 aromatic rings. The Morgan fingerprint density at radius 1 is 1.40 bits per heavy atom. The third-order valence-electron chi connectivity index (χ3n) is 3.63. The fourth-order valence-electron chi connectivity index (χ4n) is 2.58. The van der Waals surface area contributed by atoms with Crippen molar-refractivity contribution in [3.63, 3.8) is 0 Å². The van der Waals surface area contributed by atoms with Crippen LogP contribution in [0.5, 0.6) is 0 Å². The molecular formula is C14H22N4O2. The van der Waals surface area contributed by atoms with Crippen LogP contribution in [0, 0.1) is 6.92 Å². The molecule has 0 radical (unpaired) electrons. The minimum atomic E-state index is -0.120. The summed E-state index contributed by atoms with van der Waals surface area (Å²) in [4.78, 5) is 22.7. The van der Waals surface area contributed by atoms with Crippen LogP contribution in [0.15, 0.2) is 6.20 Å². The van der Waals surface area contributed by atoms with Crippen LogP contribution in [0.2, 0.25) is 0 Å². The van der Waals surface area contributed by atoms with Crippen LogP contribution in [-0.2, 0) is 9.59 Å². The van der Waals surface area contributed by atoms with Crippen molar-refractivity contribution in [3.05, 3.63) is 11.8 Å². The summed E-state index contributed by atoms with van der Waals surface area (Å²) in [6.45, 7) is 3.75. The lowest BCUT2D eigenvalue weighted by atomic mass is 10.2. The lowest BCUT2D eigenvalue weighted by molar-refractivity contribution is -0.119. The Bertz CT molecular complexity index is 489. The highest BCUT2D eigenvalue weighted by atomic mass is 16.2. The zero-order valence-corrected chi connectivity index (χ0v) is 12.1. The number of hydrogen-bond donors (Lipinski definition) is 2. The van der Waals surface area contributed by atoms with Crippen molar-refractivity contribution < 1.29 is 9.59 Å². The Kier molecular flexibility index (Phi) is 4.76. The lowest BCUT2D eigenvalue weighted by Crippen LogP contribution is -2.26. The summed E-state index contributed by atoms with van der Waals surface area (Å²) < 4.78 is 1.94. The summed E-state index contributed by atoms with van der Waals surface area (Å²) in [5, 5.41) is 9.93. The van der Waals surface area contributed by atoms with Crippen LogP contribution in [-0.4, -0.2) is 28.1 Å². The predicted molar refractivity (Wildman–Crippen MR) is 76.4 cm³/mol. The van der Waals surface area contributed by atoms with E-state index in [4.69, 9.17) is 0 Å². The summed E-state index contributed by atoms with van der Waals surface area (Å²) in [7, 11) is 0. The Morgan fingerprint density at radius 2 is 2.10 bits per heavy atom. The van der Waals surface area contributed by atoms with Gasteiger partial charge in [0.1, 0.15) is 5.82 Å². The fraction of sp³-hybridized carbons (Fsp3) is 0.643. The van der Waals surface area contributed by atoms with Crippen LogP contribution in [0.4, 0.5) is 5.82 Å². The molecule has 0 aromatic carbocycles. The summed E-state index contributed by atoms with van der Waals surface area (Å²) in [5.41, 5.74) is 0.977. The minimum absolute atomic E-state index is 0.0957. The second-order valence-corrected chi connectivity index (χ2v) is 5.34. The number of carbonyl (C=O) groups is 2. The highest BCUT2D eigenvalue weighted by Crippen LogP contribution is 2.32. The topological polar surface area (TPSA) is 76.0 Å². The first-order valence-corrected chi connectivity index (χ1v) is 7.16. The second kappa shape index (κ2) is 6.54. The molecule has 110 valence electrons. The number of carbonyl (C=O) groups excluding carboxylic acids is 2. The average molecular weight is 278 g/mol. The van der Waals surface area contributed by atoms with E-state index in [1.807, 2.05) is 11.6 Å². The van der Waals surface area contributed by atoms with Crippen LogP contribution in [0.3, 0.4) is 0 Å². The number of hydrogen-bond acceptors (Lipinski definition) is 3. The van der Waals surface area contributed by atoms with E-state index in [1.54, 1.807) is 6.20 Å². The van der Waals surface area contributed by atoms with Gasteiger partial charge in [-0.15, -0.1) is 0 Å². The van der Waals surface area contributed by atoms with Gasteiger partial charge in [-0.2, -0.15) is 5.10 Å². The molecule has 6 nitrogen and oxygen atoms in total. The van der Waals surface area contributed by atoms with E-state index in [0.29, 0.717) is 12.6 Å². The Labute approximate surface area is 118 Å². The van der Waals surface area contributed by atoms with Crippen LogP contribution >= 0.6 is 0 Å². The number of rotatable bonds is 5. The molecular weight excluding hydrogens is 256 g/mol. The maximum Gasteiger partial charge on any atom is 0.227 e. The highest BCUT2D eigenvalue weighted by molar-refractivity contribution is 5.91. The summed E-state index contributed by atoms with van der Waals surface area (Å²) in [6.07, 6.45) is 6.75. The fourth-order valence-corrected chi connectivity index (χ4v) is 2.58. The van der Waals surface area contributed by atoms with Crippen molar-refractivity contribution in [2.75, 3.05) is 11.9 Å². The van der Waals surface area contributed by atoms with E-state index in [-0.39, 0.29) is 18.2 Å². The number of aromatic nitrogens is 2. The number of nitrogens with zero attached hydrogens (tertiary/aromatic N) is 2. The molecule has 1 aromatic heterocycles. The van der Waals surface area contributed by atoms with Crippen LogP contribution < -0.4 is 10.6 Å². The number of aryl methyl sites for hydroxylation is 1. The maximum absolute atomic E-state index is 11.9. The van der Waals surface area contributed by atoms with Gasteiger partial charge in [0.2, 0.25) is 11.8 Å². The summed E-state index contributed by atoms with van der Waals surface area (Å²) in [6, 6.07) is 0.398. The third kappa shape index (κ3) is 3.59. The van der Waals surface area contributed by atoms with Gasteiger partial charge >= 0.3 is 0 Å². The molecule has 0 saturated heterocycles. The van der Waals surface area contributed by atoms with Gasteiger partial charge in [-0.25, -0.2) is 4.68 Å². The van der Waals surface area contributed by atoms with Gasteiger partial charge in [-0.05, 0) is 19.8 Å². The summed E-state index contributed by atoms with van der Waals surface area (Å²) in [5.74, 6) is 0.580. The lowest BCUT2D eigenvalue weighted by Gasteiger charge is -2.15. The van der Waals surface area contributed by atoms with E-state index in [1.165, 1.54) is 19.8 Å². The number of amides is 2. The molecule has 0 unspecified atom stereocenters. The maximum atomic E-state index is 11.9. The molecule has 0 spiro atoms. The quantitative estimate of drug-likeness (QED) is 0.862. The molecule has 1 saturated carbocycles.